The summed E-state index contributed by atoms with van der Waals surface area (Å²) in [6, 6.07) is 5.56. The molecule has 3 heteroatoms. The summed E-state index contributed by atoms with van der Waals surface area (Å²) in [7, 11) is 0. The first-order valence-electron chi connectivity index (χ1n) is 5.47. The van der Waals surface area contributed by atoms with Crippen molar-refractivity contribution in [1.29, 1.82) is 0 Å². The molecule has 1 N–H and O–H groups in total. The van der Waals surface area contributed by atoms with E-state index < -0.39 is 0 Å². The highest BCUT2D eigenvalue weighted by Crippen LogP contribution is 2.27. The van der Waals surface area contributed by atoms with E-state index in [0.717, 1.165) is 31.2 Å². The van der Waals surface area contributed by atoms with E-state index in [2.05, 4.69) is 0 Å². The second-order valence-corrected chi connectivity index (χ2v) is 5.04. The van der Waals surface area contributed by atoms with Crippen LogP contribution in [0.2, 0.25) is 10.0 Å². The zero-order valence-electron chi connectivity index (χ0n) is 8.92. The van der Waals surface area contributed by atoms with E-state index in [1.807, 2.05) is 18.2 Å². The molecule has 0 heterocycles. The molecule has 86 valence electrons. The van der Waals surface area contributed by atoms with Crippen molar-refractivity contribution in [3.05, 3.63) is 45.5 Å². The minimum Gasteiger partial charge on any atom is -0.389 e. The van der Waals surface area contributed by atoms with Crippen LogP contribution >= 0.6 is 23.2 Å². The summed E-state index contributed by atoms with van der Waals surface area (Å²) in [5, 5.41) is 10.9. The quantitative estimate of drug-likeness (QED) is 0.794. The van der Waals surface area contributed by atoms with Crippen LogP contribution in [0.4, 0.5) is 0 Å². The molecule has 1 unspecified atom stereocenters. The average Bonchev–Trinajstić information content (AvgIpc) is 2.22. The Morgan fingerprint density at radius 2 is 2.12 bits per heavy atom. The number of halogens is 2. The molecule has 0 saturated heterocycles. The van der Waals surface area contributed by atoms with Gasteiger partial charge < -0.3 is 5.11 Å². The van der Waals surface area contributed by atoms with E-state index in [1.165, 1.54) is 5.57 Å². The van der Waals surface area contributed by atoms with Crippen LogP contribution in [0.15, 0.2) is 29.8 Å². The summed E-state index contributed by atoms with van der Waals surface area (Å²) < 4.78 is 0. The lowest BCUT2D eigenvalue weighted by molar-refractivity contribution is 0.202. The monoisotopic (exact) mass is 256 g/mol. The molecule has 0 aromatic heterocycles. The van der Waals surface area contributed by atoms with E-state index >= 15 is 0 Å². The maximum Gasteiger partial charge on any atom is 0.0723 e. The third-order valence-corrected chi connectivity index (χ3v) is 3.45. The summed E-state index contributed by atoms with van der Waals surface area (Å²) in [4.78, 5) is 0. The predicted molar refractivity (Wildman–Crippen MR) is 68.1 cm³/mol. The van der Waals surface area contributed by atoms with Gasteiger partial charge in [-0.1, -0.05) is 40.9 Å². The molecular formula is C13H14Cl2O. The predicted octanol–water partition coefficient (Wildman–Crippen LogP) is 4.01. The molecule has 1 aromatic carbocycles. The van der Waals surface area contributed by atoms with Crippen LogP contribution in [-0.2, 0) is 6.42 Å². The van der Waals surface area contributed by atoms with Gasteiger partial charge in [-0.2, -0.15) is 0 Å². The molecule has 0 saturated carbocycles. The zero-order valence-corrected chi connectivity index (χ0v) is 10.4. The minimum absolute atomic E-state index is 0.283. The Kier molecular flexibility index (Phi) is 3.91. The molecule has 1 atom stereocenters. The van der Waals surface area contributed by atoms with Crippen LogP contribution in [0, 0.1) is 0 Å². The number of hydrogen-bond donors (Lipinski definition) is 1. The van der Waals surface area contributed by atoms with Gasteiger partial charge in [-0.3, -0.25) is 0 Å². The first-order valence-corrected chi connectivity index (χ1v) is 6.22. The van der Waals surface area contributed by atoms with Crippen LogP contribution < -0.4 is 0 Å². The molecule has 0 bridgehead atoms. The first-order chi connectivity index (χ1) is 7.65. The van der Waals surface area contributed by atoms with E-state index in [4.69, 9.17) is 23.2 Å². The van der Waals surface area contributed by atoms with Crippen LogP contribution in [0.1, 0.15) is 24.8 Å². The van der Waals surface area contributed by atoms with E-state index in [0.29, 0.717) is 10.0 Å². The fourth-order valence-corrected chi connectivity index (χ4v) is 2.51. The van der Waals surface area contributed by atoms with Crippen molar-refractivity contribution in [1.82, 2.24) is 0 Å². The number of benzene rings is 1. The van der Waals surface area contributed by atoms with Crippen molar-refractivity contribution < 1.29 is 5.11 Å². The first kappa shape index (κ1) is 12.0. The summed E-state index contributed by atoms with van der Waals surface area (Å²) in [6.45, 7) is 0. The van der Waals surface area contributed by atoms with Gasteiger partial charge in [0.15, 0.2) is 0 Å². The van der Waals surface area contributed by atoms with Crippen molar-refractivity contribution in [3.63, 3.8) is 0 Å². The summed E-state index contributed by atoms with van der Waals surface area (Å²) in [5.41, 5.74) is 2.34. The maximum absolute atomic E-state index is 9.54. The Morgan fingerprint density at radius 3 is 2.81 bits per heavy atom. The van der Waals surface area contributed by atoms with Crippen molar-refractivity contribution in [2.24, 2.45) is 0 Å². The fraction of sp³-hybridized carbons (Fsp3) is 0.385. The minimum atomic E-state index is -0.283. The molecule has 2 rings (SSSR count). The van der Waals surface area contributed by atoms with Gasteiger partial charge >= 0.3 is 0 Å². The zero-order chi connectivity index (χ0) is 11.5. The molecule has 0 radical (unpaired) electrons. The molecule has 1 nitrogen and oxygen atoms in total. The fourth-order valence-electron chi connectivity index (χ4n) is 2.03. The lowest BCUT2D eigenvalue weighted by atomic mass is 9.93. The molecule has 0 spiro atoms. The largest absolute Gasteiger partial charge is 0.389 e. The molecule has 1 aromatic rings. The van der Waals surface area contributed by atoms with Gasteiger partial charge in [0.25, 0.3) is 0 Å². The van der Waals surface area contributed by atoms with Gasteiger partial charge in [0.2, 0.25) is 0 Å². The Labute approximate surface area is 106 Å². The van der Waals surface area contributed by atoms with Crippen LogP contribution in [0.3, 0.4) is 0 Å². The summed E-state index contributed by atoms with van der Waals surface area (Å²) >= 11 is 12.0. The van der Waals surface area contributed by atoms with Gasteiger partial charge in [0.05, 0.1) is 6.10 Å². The average molecular weight is 257 g/mol. The van der Waals surface area contributed by atoms with E-state index in [9.17, 15) is 5.11 Å². The summed E-state index contributed by atoms with van der Waals surface area (Å²) in [5.74, 6) is 0. The SMILES string of the molecule is OC1C=C(Cc2ccc(Cl)cc2Cl)CCC1. The number of aliphatic hydroxyl groups excluding tert-OH is 1. The Balaban J connectivity index is 2.14. The van der Waals surface area contributed by atoms with Gasteiger partial charge in [-0.25, -0.2) is 0 Å². The highest BCUT2D eigenvalue weighted by molar-refractivity contribution is 6.35. The third kappa shape index (κ3) is 3.00. The lowest BCUT2D eigenvalue weighted by Crippen LogP contribution is -2.10. The number of aliphatic hydroxyl groups is 1. The van der Waals surface area contributed by atoms with Crippen LogP contribution in [0.25, 0.3) is 0 Å². The van der Waals surface area contributed by atoms with Crippen molar-refractivity contribution in [3.8, 4) is 0 Å². The Hall–Kier alpha value is -0.500. The maximum atomic E-state index is 9.54. The van der Waals surface area contributed by atoms with E-state index in [1.54, 1.807) is 6.07 Å². The van der Waals surface area contributed by atoms with Gasteiger partial charge in [-0.15, -0.1) is 0 Å². The molecule has 0 aliphatic heterocycles. The second-order valence-electron chi connectivity index (χ2n) is 4.20. The number of rotatable bonds is 2. The molecule has 1 aliphatic carbocycles. The highest BCUT2D eigenvalue weighted by atomic mass is 35.5. The lowest BCUT2D eigenvalue weighted by Gasteiger charge is -2.17. The van der Waals surface area contributed by atoms with E-state index in [-0.39, 0.29) is 6.10 Å². The summed E-state index contributed by atoms with van der Waals surface area (Å²) in [6.07, 6.45) is 5.46. The molecular weight excluding hydrogens is 243 g/mol. The van der Waals surface area contributed by atoms with Gasteiger partial charge in [-0.05, 0) is 43.4 Å². The molecule has 0 amide bonds. The normalized spacial score (nSPS) is 20.7. The van der Waals surface area contributed by atoms with Crippen molar-refractivity contribution in [2.45, 2.75) is 31.8 Å². The van der Waals surface area contributed by atoms with Crippen LogP contribution in [0.5, 0.6) is 0 Å². The van der Waals surface area contributed by atoms with Crippen LogP contribution in [-0.4, -0.2) is 11.2 Å². The molecule has 1 aliphatic rings. The highest BCUT2D eigenvalue weighted by Gasteiger charge is 2.12. The van der Waals surface area contributed by atoms with Crippen molar-refractivity contribution in [2.75, 3.05) is 0 Å². The topological polar surface area (TPSA) is 20.2 Å². The second kappa shape index (κ2) is 5.22. The molecule has 0 fully saturated rings. The standard InChI is InChI=1S/C13H14Cl2O/c14-11-5-4-10(13(15)8-11)6-9-2-1-3-12(16)7-9/h4-5,7-8,12,16H,1-3,6H2. The Morgan fingerprint density at radius 1 is 1.31 bits per heavy atom. The Bertz CT molecular complexity index is 412. The molecule has 16 heavy (non-hydrogen) atoms. The third-order valence-electron chi connectivity index (χ3n) is 2.86. The smallest absolute Gasteiger partial charge is 0.0723 e. The number of hydrogen-bond acceptors (Lipinski definition) is 1. The number of allylic oxidation sites excluding steroid dienone is 1. The van der Waals surface area contributed by atoms with Gasteiger partial charge in [0.1, 0.15) is 0 Å². The van der Waals surface area contributed by atoms with Gasteiger partial charge in [0, 0.05) is 10.0 Å². The van der Waals surface area contributed by atoms with Crippen molar-refractivity contribution >= 4 is 23.2 Å².